The van der Waals surface area contributed by atoms with Crippen LogP contribution in [0, 0.1) is 17.7 Å². The molecule has 0 aliphatic carbocycles. The number of nitrogens with zero attached hydrogens (tertiary/aromatic N) is 3. The van der Waals surface area contributed by atoms with Gasteiger partial charge in [0.15, 0.2) is 0 Å². The van der Waals surface area contributed by atoms with E-state index >= 15 is 4.39 Å². The highest BCUT2D eigenvalue weighted by Gasteiger charge is 2.36. The maximum Gasteiger partial charge on any atom is 0.252 e. The summed E-state index contributed by atoms with van der Waals surface area (Å²) in [5.74, 6) is 0.703. The van der Waals surface area contributed by atoms with E-state index in [2.05, 4.69) is 15.3 Å². The van der Waals surface area contributed by atoms with Crippen molar-refractivity contribution in [2.45, 2.75) is 0 Å². The lowest BCUT2D eigenvalue weighted by Crippen LogP contribution is -2.25. The first-order valence-electron chi connectivity index (χ1n) is 10.1. The summed E-state index contributed by atoms with van der Waals surface area (Å²) in [6.45, 7) is 3.97. The molecule has 3 aromatic rings. The van der Waals surface area contributed by atoms with Crippen LogP contribution >= 0.6 is 12.4 Å². The van der Waals surface area contributed by atoms with E-state index in [4.69, 9.17) is 10.5 Å². The van der Waals surface area contributed by atoms with Gasteiger partial charge in [0.2, 0.25) is 0 Å². The SMILES string of the molecule is COc1cc2nn(C)c(-c3ccc(N4CC5CNCC5C4)cc3F)c2cc1C(N)=O.Cl. The van der Waals surface area contributed by atoms with Gasteiger partial charge >= 0.3 is 0 Å². The minimum atomic E-state index is -0.603. The molecule has 0 saturated carbocycles. The quantitative estimate of drug-likeness (QED) is 0.644. The van der Waals surface area contributed by atoms with Gasteiger partial charge in [0, 0.05) is 55.9 Å². The number of carbonyl (C=O) groups excluding carboxylic acids is 1. The Hall–Kier alpha value is -2.84. The third-order valence-electron chi connectivity index (χ3n) is 6.38. The van der Waals surface area contributed by atoms with E-state index in [-0.39, 0.29) is 23.8 Å². The predicted octanol–water partition coefficient (Wildman–Crippen LogP) is 2.56. The molecule has 1 amide bonds. The Morgan fingerprint density at radius 3 is 2.55 bits per heavy atom. The van der Waals surface area contributed by atoms with Crippen LogP contribution in [0.1, 0.15) is 10.4 Å². The number of nitrogens with two attached hydrogens (primary N) is 1. The van der Waals surface area contributed by atoms with Crippen LogP contribution < -0.4 is 20.7 Å². The smallest absolute Gasteiger partial charge is 0.252 e. The Morgan fingerprint density at radius 2 is 1.94 bits per heavy atom. The normalized spacial score (nSPS) is 20.0. The fourth-order valence-electron chi connectivity index (χ4n) is 4.87. The third-order valence-corrected chi connectivity index (χ3v) is 6.38. The molecule has 3 N–H and O–H groups in total. The summed E-state index contributed by atoms with van der Waals surface area (Å²) in [6, 6.07) is 8.64. The van der Waals surface area contributed by atoms with Gasteiger partial charge in [0.1, 0.15) is 11.6 Å². The number of aryl methyl sites for hydroxylation is 1. The fourth-order valence-corrected chi connectivity index (χ4v) is 4.87. The van der Waals surface area contributed by atoms with Crippen molar-refractivity contribution in [3.63, 3.8) is 0 Å². The Kier molecular flexibility index (Phi) is 5.53. The summed E-state index contributed by atoms with van der Waals surface area (Å²) < 4.78 is 22.2. The van der Waals surface area contributed by atoms with Crippen LogP contribution in [0.4, 0.5) is 10.1 Å². The molecular weight excluding hydrogens is 421 g/mol. The summed E-state index contributed by atoms with van der Waals surface area (Å²) in [5.41, 5.74) is 8.29. The molecule has 0 radical (unpaired) electrons. The van der Waals surface area contributed by atoms with E-state index in [1.165, 1.54) is 7.11 Å². The summed E-state index contributed by atoms with van der Waals surface area (Å²) >= 11 is 0. The first-order valence-corrected chi connectivity index (χ1v) is 10.1. The number of carbonyl (C=O) groups is 1. The molecule has 1 aromatic heterocycles. The van der Waals surface area contributed by atoms with Crippen molar-refractivity contribution in [3.8, 4) is 17.0 Å². The first kappa shape index (κ1) is 21.4. The van der Waals surface area contributed by atoms with Gasteiger partial charge in [-0.05, 0) is 36.1 Å². The number of methoxy groups -OCH3 is 1. The summed E-state index contributed by atoms with van der Waals surface area (Å²) in [5, 5.41) is 8.56. The molecule has 3 heterocycles. The standard InChI is InChI=1S/C22H24FN5O2.ClH/c1-27-21(16-6-17(22(24)29)20(30-2)7-19(16)26-27)15-4-3-14(5-18(15)23)28-10-12-8-25-9-13(12)11-28;/h3-7,12-13,25H,8-11H2,1-2H3,(H2,24,29);1H. The van der Waals surface area contributed by atoms with Gasteiger partial charge in [-0.2, -0.15) is 5.10 Å². The van der Waals surface area contributed by atoms with Gasteiger partial charge in [-0.15, -0.1) is 12.4 Å². The average molecular weight is 446 g/mol. The number of ether oxygens (including phenoxy) is 1. The molecular formula is C22H25ClFN5O2. The van der Waals surface area contributed by atoms with Crippen molar-refractivity contribution in [1.82, 2.24) is 15.1 Å². The van der Waals surface area contributed by atoms with Crippen LogP contribution in [0.25, 0.3) is 22.2 Å². The minimum absolute atomic E-state index is 0. The Labute approximate surface area is 185 Å². The minimum Gasteiger partial charge on any atom is -0.496 e. The number of anilines is 1. The van der Waals surface area contributed by atoms with Gasteiger partial charge in [-0.3, -0.25) is 9.48 Å². The van der Waals surface area contributed by atoms with E-state index in [0.29, 0.717) is 39.7 Å². The van der Waals surface area contributed by atoms with Crippen molar-refractivity contribution in [2.24, 2.45) is 24.6 Å². The van der Waals surface area contributed by atoms with Crippen molar-refractivity contribution in [1.29, 1.82) is 0 Å². The molecule has 7 nitrogen and oxygen atoms in total. The van der Waals surface area contributed by atoms with Gasteiger partial charge in [0.05, 0.1) is 23.9 Å². The molecule has 2 saturated heterocycles. The number of nitrogens with one attached hydrogen (secondary N) is 1. The second-order valence-corrected chi connectivity index (χ2v) is 8.15. The molecule has 2 unspecified atom stereocenters. The first-order chi connectivity index (χ1) is 14.5. The number of hydrogen-bond acceptors (Lipinski definition) is 5. The Balaban J connectivity index is 0.00000231. The van der Waals surface area contributed by atoms with E-state index in [1.54, 1.807) is 36.0 Å². The summed E-state index contributed by atoms with van der Waals surface area (Å²) in [7, 11) is 3.23. The fraction of sp³-hybridized carbons (Fsp3) is 0.364. The van der Waals surface area contributed by atoms with Crippen LogP contribution in [0.15, 0.2) is 30.3 Å². The van der Waals surface area contributed by atoms with Gasteiger partial charge in [0.25, 0.3) is 5.91 Å². The zero-order valence-electron chi connectivity index (χ0n) is 17.4. The van der Waals surface area contributed by atoms with Crippen LogP contribution in [-0.4, -0.2) is 49.0 Å². The lowest BCUT2D eigenvalue weighted by Gasteiger charge is -2.20. The number of rotatable bonds is 4. The molecule has 0 bridgehead atoms. The monoisotopic (exact) mass is 445 g/mol. The Morgan fingerprint density at radius 1 is 1.23 bits per heavy atom. The highest BCUT2D eigenvalue weighted by atomic mass is 35.5. The van der Waals surface area contributed by atoms with Crippen LogP contribution in [0.3, 0.4) is 0 Å². The maximum absolute atomic E-state index is 15.3. The molecule has 2 fully saturated rings. The van der Waals surface area contributed by atoms with E-state index in [9.17, 15) is 4.79 Å². The van der Waals surface area contributed by atoms with Gasteiger partial charge in [-0.25, -0.2) is 4.39 Å². The lowest BCUT2D eigenvalue weighted by atomic mass is 10.0. The van der Waals surface area contributed by atoms with Gasteiger partial charge < -0.3 is 20.7 Å². The van der Waals surface area contributed by atoms with Crippen molar-refractivity contribution in [3.05, 3.63) is 41.7 Å². The zero-order chi connectivity index (χ0) is 21.0. The van der Waals surface area contributed by atoms with Crippen molar-refractivity contribution < 1.29 is 13.9 Å². The molecule has 5 rings (SSSR count). The van der Waals surface area contributed by atoms with Crippen LogP contribution in [0.2, 0.25) is 0 Å². The average Bonchev–Trinajstić information content (AvgIpc) is 3.39. The molecule has 9 heteroatoms. The highest BCUT2D eigenvalue weighted by Crippen LogP contribution is 2.37. The predicted molar refractivity (Wildman–Crippen MR) is 120 cm³/mol. The van der Waals surface area contributed by atoms with Crippen molar-refractivity contribution in [2.75, 3.05) is 38.2 Å². The summed E-state index contributed by atoms with van der Waals surface area (Å²) in [4.78, 5) is 14.1. The maximum atomic E-state index is 15.3. The number of amides is 1. The number of hydrogen-bond donors (Lipinski definition) is 2. The molecule has 2 aliphatic rings. The molecule has 0 spiro atoms. The largest absolute Gasteiger partial charge is 0.496 e. The molecule has 2 atom stereocenters. The number of benzene rings is 2. The van der Waals surface area contributed by atoms with Crippen molar-refractivity contribution >= 4 is 34.9 Å². The second-order valence-electron chi connectivity index (χ2n) is 8.15. The molecule has 164 valence electrons. The molecule has 2 aromatic carbocycles. The third kappa shape index (κ3) is 3.49. The Bertz CT molecular complexity index is 1150. The number of fused-ring (bicyclic) bond motifs is 2. The topological polar surface area (TPSA) is 85.4 Å². The number of halogens is 2. The zero-order valence-corrected chi connectivity index (χ0v) is 18.2. The number of aromatic nitrogens is 2. The molecule has 2 aliphatic heterocycles. The highest BCUT2D eigenvalue weighted by molar-refractivity contribution is 6.03. The molecule has 31 heavy (non-hydrogen) atoms. The van der Waals surface area contributed by atoms with E-state index < -0.39 is 5.91 Å². The van der Waals surface area contributed by atoms with Gasteiger partial charge in [-0.1, -0.05) is 0 Å². The van der Waals surface area contributed by atoms with E-state index in [1.807, 2.05) is 6.07 Å². The van der Waals surface area contributed by atoms with E-state index in [0.717, 1.165) is 31.9 Å². The number of primary amides is 1. The summed E-state index contributed by atoms with van der Waals surface area (Å²) in [6.07, 6.45) is 0. The van der Waals surface area contributed by atoms with Crippen LogP contribution in [-0.2, 0) is 7.05 Å². The lowest BCUT2D eigenvalue weighted by molar-refractivity contribution is 0.0997. The second kappa shape index (κ2) is 8.01. The van der Waals surface area contributed by atoms with Crippen LogP contribution in [0.5, 0.6) is 5.75 Å².